The van der Waals surface area contributed by atoms with E-state index in [0.717, 1.165) is 28.9 Å². The normalized spacial score (nSPS) is 19.6. The van der Waals surface area contributed by atoms with Crippen LogP contribution in [-0.4, -0.2) is 59.4 Å². The highest BCUT2D eigenvalue weighted by molar-refractivity contribution is 6.71. The van der Waals surface area contributed by atoms with E-state index in [-0.39, 0.29) is 36.2 Å². The molecule has 0 aliphatic carbocycles. The van der Waals surface area contributed by atoms with Gasteiger partial charge in [0.05, 0.1) is 24.3 Å². The average molecular weight is 601 g/mol. The number of para-hydroxylation sites is 1. The summed E-state index contributed by atoms with van der Waals surface area (Å²) in [5.74, 6) is 0.371. The Labute approximate surface area is 253 Å². The summed E-state index contributed by atoms with van der Waals surface area (Å²) in [5.41, 5.74) is 3.93. The van der Waals surface area contributed by atoms with E-state index in [2.05, 4.69) is 17.2 Å². The largest absolute Gasteiger partial charge is 0.490 e. The zero-order valence-corrected chi connectivity index (χ0v) is 26.1. The maximum absolute atomic E-state index is 12.1. The first-order chi connectivity index (χ1) is 20.7. The van der Waals surface area contributed by atoms with Gasteiger partial charge in [-0.1, -0.05) is 60.7 Å². The van der Waals surface area contributed by atoms with Crippen molar-refractivity contribution in [2.24, 2.45) is 5.92 Å². The molecule has 0 saturated carbocycles. The predicted octanol–water partition coefficient (Wildman–Crippen LogP) is 5.44. The second-order valence-electron chi connectivity index (χ2n) is 11.7. The number of hydrogen-bond acceptors (Lipinski definition) is 7. The number of aryl methyl sites for hydroxylation is 1. The molecule has 1 amide bonds. The average Bonchev–Trinajstić information content (AvgIpc) is 3.47. The van der Waals surface area contributed by atoms with Gasteiger partial charge in [0, 0.05) is 48.2 Å². The number of aliphatic hydroxyl groups is 1. The number of carbonyl (C=O) groups excluding carboxylic acids is 1. The van der Waals surface area contributed by atoms with Crippen LogP contribution < -0.4 is 9.64 Å². The molecule has 9 nitrogen and oxygen atoms in total. The van der Waals surface area contributed by atoms with Gasteiger partial charge in [-0.15, -0.1) is 5.10 Å². The third kappa shape index (κ3) is 6.57. The highest BCUT2D eigenvalue weighted by atomic mass is 28.4. The molecule has 0 saturated heterocycles. The zero-order chi connectivity index (χ0) is 30.6. The third-order valence-corrected chi connectivity index (χ3v) is 10.9. The van der Waals surface area contributed by atoms with Crippen LogP contribution in [-0.2, 0) is 16.1 Å². The van der Waals surface area contributed by atoms with Gasteiger partial charge in [0.15, 0.2) is 8.32 Å². The summed E-state index contributed by atoms with van der Waals surface area (Å²) in [6, 6.07) is 25.0. The molecule has 43 heavy (non-hydrogen) atoms. The highest BCUT2D eigenvalue weighted by Crippen LogP contribution is 2.48. The lowest BCUT2D eigenvalue weighted by Gasteiger charge is -2.44. The Morgan fingerprint density at radius 2 is 1.77 bits per heavy atom. The van der Waals surface area contributed by atoms with Gasteiger partial charge in [-0.3, -0.25) is 14.4 Å². The summed E-state index contributed by atoms with van der Waals surface area (Å²) in [7, 11) is -1.04. The van der Waals surface area contributed by atoms with Gasteiger partial charge < -0.3 is 19.4 Å². The molecular weight excluding hydrogens is 560 g/mol. The van der Waals surface area contributed by atoms with Crippen molar-refractivity contribution in [1.29, 1.82) is 0 Å². The molecule has 0 spiro atoms. The van der Waals surface area contributed by atoms with Crippen molar-refractivity contribution >= 4 is 26.1 Å². The number of methoxy groups -OCH3 is 1. The number of benzene rings is 3. The van der Waals surface area contributed by atoms with Crippen LogP contribution in [0.1, 0.15) is 42.2 Å². The molecule has 10 heteroatoms. The Morgan fingerprint density at radius 3 is 2.40 bits per heavy atom. The molecule has 1 aliphatic heterocycles. The fourth-order valence-corrected chi connectivity index (χ4v) is 8.21. The molecule has 0 bridgehead atoms. The van der Waals surface area contributed by atoms with Crippen LogP contribution in [0.2, 0.25) is 18.6 Å². The van der Waals surface area contributed by atoms with Gasteiger partial charge >= 0.3 is 0 Å². The van der Waals surface area contributed by atoms with Crippen molar-refractivity contribution in [1.82, 2.24) is 15.0 Å². The second-order valence-corrected chi connectivity index (χ2v) is 15.8. The van der Waals surface area contributed by atoms with E-state index in [9.17, 15) is 14.7 Å². The molecule has 1 aliphatic rings. The number of fused-ring (bicyclic) bond motifs is 1. The van der Waals surface area contributed by atoms with Crippen molar-refractivity contribution in [3.05, 3.63) is 102 Å². The van der Waals surface area contributed by atoms with Crippen LogP contribution in [0.4, 0.5) is 11.4 Å². The summed E-state index contributed by atoms with van der Waals surface area (Å²) in [6.45, 7) is 6.46. The SMILES string of the molecule is CO[C@H]1c2cc(N(C=O)c3ccccc3)ccc2O[C@@H](C(CCn2cc(C(CO)c3ccccc3)nn2)[Si](C)(C)O)[C@@H]1C. The standard InChI is InChI=1S/C33H40N4O5Si/c1-23-32(41-2)27-19-26(37(22-39)25-13-9-6-10-14-25)15-16-30(27)42-33(23)31(43(3,4)40)17-18-36-20-29(34-35-36)28(21-38)24-11-7-5-8-12-24/h5-16,19-20,22-23,28,31-33,38,40H,17-18,21H2,1-4H3/t23-,28?,31?,32-,33-/m1/s1. The van der Waals surface area contributed by atoms with E-state index in [1.807, 2.05) is 98.2 Å². The van der Waals surface area contributed by atoms with Crippen molar-refractivity contribution in [3.63, 3.8) is 0 Å². The summed E-state index contributed by atoms with van der Waals surface area (Å²) in [6.07, 6.45) is 2.75. The fourth-order valence-electron chi connectivity index (χ4n) is 6.20. The highest BCUT2D eigenvalue weighted by Gasteiger charge is 2.46. The van der Waals surface area contributed by atoms with E-state index in [4.69, 9.17) is 9.47 Å². The molecule has 2 heterocycles. The first kappa shape index (κ1) is 30.6. The zero-order valence-electron chi connectivity index (χ0n) is 25.1. The molecule has 5 rings (SSSR count). The maximum atomic E-state index is 12.1. The fraction of sp³-hybridized carbons (Fsp3) is 0.364. The second kappa shape index (κ2) is 13.2. The molecule has 1 aromatic heterocycles. The van der Waals surface area contributed by atoms with Crippen molar-refractivity contribution in [2.75, 3.05) is 18.6 Å². The van der Waals surface area contributed by atoms with Gasteiger partial charge in [-0.05, 0) is 55.4 Å². The Kier molecular flexibility index (Phi) is 9.41. The van der Waals surface area contributed by atoms with Crippen LogP contribution in [0, 0.1) is 5.92 Å². The summed E-state index contributed by atoms with van der Waals surface area (Å²) in [4.78, 5) is 25.2. The molecule has 2 N–H and O–H groups in total. The van der Waals surface area contributed by atoms with Gasteiger partial charge in [0.2, 0.25) is 6.41 Å². The number of amides is 1. The third-order valence-electron chi connectivity index (χ3n) is 8.50. The van der Waals surface area contributed by atoms with Crippen molar-refractivity contribution in [2.45, 2.75) is 56.7 Å². The Bertz CT molecular complexity index is 1490. The molecular formula is C33H40N4O5Si. The number of aliphatic hydroxyl groups excluding tert-OH is 1. The van der Waals surface area contributed by atoms with Gasteiger partial charge in [-0.2, -0.15) is 0 Å². The first-order valence-corrected chi connectivity index (χ1v) is 17.7. The van der Waals surface area contributed by atoms with E-state index in [0.29, 0.717) is 24.4 Å². The minimum Gasteiger partial charge on any atom is -0.490 e. The monoisotopic (exact) mass is 600 g/mol. The van der Waals surface area contributed by atoms with Crippen LogP contribution in [0.15, 0.2) is 85.1 Å². The molecule has 4 aromatic rings. The number of anilines is 2. The quantitative estimate of drug-likeness (QED) is 0.165. The summed E-state index contributed by atoms with van der Waals surface area (Å²) >= 11 is 0. The molecule has 2 unspecified atom stereocenters. The van der Waals surface area contributed by atoms with Crippen molar-refractivity contribution in [3.8, 4) is 5.75 Å². The van der Waals surface area contributed by atoms with Crippen LogP contribution >= 0.6 is 0 Å². The van der Waals surface area contributed by atoms with Gasteiger partial charge in [-0.25, -0.2) is 0 Å². The minimum absolute atomic E-state index is 0.0647. The number of rotatable bonds is 12. The van der Waals surface area contributed by atoms with Crippen molar-refractivity contribution < 1.29 is 24.2 Å². The van der Waals surface area contributed by atoms with E-state index in [1.54, 1.807) is 16.7 Å². The maximum Gasteiger partial charge on any atom is 0.218 e. The number of nitrogens with zero attached hydrogens (tertiary/aromatic N) is 4. The number of hydrogen-bond donors (Lipinski definition) is 2. The molecule has 5 atom stereocenters. The summed E-state index contributed by atoms with van der Waals surface area (Å²) in [5, 5.41) is 18.8. The van der Waals surface area contributed by atoms with Crippen LogP contribution in [0.3, 0.4) is 0 Å². The Balaban J connectivity index is 1.37. The molecule has 0 radical (unpaired) electrons. The van der Waals surface area contributed by atoms with Gasteiger partial charge in [0.1, 0.15) is 11.9 Å². The number of ether oxygens (including phenoxy) is 2. The van der Waals surface area contributed by atoms with Crippen LogP contribution in [0.5, 0.6) is 5.75 Å². The lowest BCUT2D eigenvalue weighted by molar-refractivity contribution is -0.106. The Hall–Kier alpha value is -3.83. The van der Waals surface area contributed by atoms with E-state index >= 15 is 0 Å². The molecule has 3 aromatic carbocycles. The van der Waals surface area contributed by atoms with Gasteiger partial charge in [0.25, 0.3) is 0 Å². The lowest BCUT2D eigenvalue weighted by Crippen LogP contribution is -2.48. The Morgan fingerprint density at radius 1 is 1.07 bits per heavy atom. The minimum atomic E-state index is -2.72. The smallest absolute Gasteiger partial charge is 0.218 e. The van der Waals surface area contributed by atoms with E-state index in [1.165, 1.54) is 0 Å². The molecule has 0 fully saturated rings. The van der Waals surface area contributed by atoms with Crippen LogP contribution in [0.25, 0.3) is 0 Å². The summed E-state index contributed by atoms with van der Waals surface area (Å²) < 4.78 is 14.5. The lowest BCUT2D eigenvalue weighted by atomic mass is 9.86. The van der Waals surface area contributed by atoms with E-state index < -0.39 is 8.32 Å². The molecule has 226 valence electrons. The number of carbonyl (C=O) groups is 1. The number of aromatic nitrogens is 3. The predicted molar refractivity (Wildman–Crippen MR) is 168 cm³/mol. The topological polar surface area (TPSA) is 110 Å². The first-order valence-electron chi connectivity index (χ1n) is 14.7.